The van der Waals surface area contributed by atoms with Gasteiger partial charge in [0, 0.05) is 17.7 Å². The van der Waals surface area contributed by atoms with E-state index in [9.17, 15) is 23.7 Å². The van der Waals surface area contributed by atoms with E-state index in [0.717, 1.165) is 23.0 Å². The van der Waals surface area contributed by atoms with Gasteiger partial charge in [0.25, 0.3) is 5.69 Å². The third-order valence-electron chi connectivity index (χ3n) is 3.26. The summed E-state index contributed by atoms with van der Waals surface area (Å²) in [5.74, 6) is -1.90. The SMILES string of the molecule is O=C(Cn1nnc(-c2cccc(F)c2)n1)Nc1cc([N+](=O)[O-])ccc1F. The van der Waals surface area contributed by atoms with Crippen LogP contribution >= 0.6 is 0 Å². The lowest BCUT2D eigenvalue weighted by atomic mass is 10.2. The van der Waals surface area contributed by atoms with E-state index >= 15 is 0 Å². The topological polar surface area (TPSA) is 116 Å². The number of rotatable bonds is 5. The molecule has 0 bridgehead atoms. The van der Waals surface area contributed by atoms with Crippen molar-refractivity contribution in [3.05, 3.63) is 64.2 Å². The minimum Gasteiger partial charge on any atom is -0.322 e. The van der Waals surface area contributed by atoms with E-state index in [1.165, 1.54) is 18.2 Å². The lowest BCUT2D eigenvalue weighted by Gasteiger charge is -2.05. The molecule has 0 spiro atoms. The fourth-order valence-corrected chi connectivity index (χ4v) is 2.09. The standard InChI is InChI=1S/C15H10F2N6O3/c16-10-3-1-2-9(6-10)15-19-21-22(20-15)8-14(24)18-13-7-11(23(25)26)4-5-12(13)17/h1-7H,8H2,(H,18,24). The van der Waals surface area contributed by atoms with Gasteiger partial charge in [0.1, 0.15) is 18.2 Å². The maximum Gasteiger partial charge on any atom is 0.271 e. The van der Waals surface area contributed by atoms with Gasteiger partial charge < -0.3 is 5.32 Å². The van der Waals surface area contributed by atoms with Crippen molar-refractivity contribution in [1.82, 2.24) is 20.2 Å². The lowest BCUT2D eigenvalue weighted by Crippen LogP contribution is -2.21. The highest BCUT2D eigenvalue weighted by atomic mass is 19.1. The number of hydrogen-bond acceptors (Lipinski definition) is 6. The van der Waals surface area contributed by atoms with Crippen LogP contribution in [0.25, 0.3) is 11.4 Å². The number of nitrogens with one attached hydrogen (secondary N) is 1. The van der Waals surface area contributed by atoms with Crippen LogP contribution in [-0.2, 0) is 11.3 Å². The molecule has 11 heteroatoms. The Balaban J connectivity index is 1.71. The fraction of sp³-hybridized carbons (Fsp3) is 0.0667. The Kier molecular flexibility index (Phi) is 4.60. The van der Waals surface area contributed by atoms with Gasteiger partial charge in [-0.2, -0.15) is 4.80 Å². The molecule has 1 heterocycles. The zero-order chi connectivity index (χ0) is 18.7. The van der Waals surface area contributed by atoms with Gasteiger partial charge >= 0.3 is 0 Å². The zero-order valence-corrected chi connectivity index (χ0v) is 13.0. The maximum absolute atomic E-state index is 13.7. The zero-order valence-electron chi connectivity index (χ0n) is 13.0. The number of tetrazole rings is 1. The number of aromatic nitrogens is 4. The number of carbonyl (C=O) groups excluding carboxylic acids is 1. The molecule has 0 aliphatic rings. The second-order valence-corrected chi connectivity index (χ2v) is 5.12. The van der Waals surface area contributed by atoms with E-state index in [2.05, 4.69) is 20.7 Å². The van der Waals surface area contributed by atoms with E-state index in [-0.39, 0.29) is 17.2 Å². The Morgan fingerprint density at radius 2 is 2.04 bits per heavy atom. The van der Waals surface area contributed by atoms with E-state index in [1.54, 1.807) is 6.07 Å². The molecule has 3 rings (SSSR count). The number of nitro benzene ring substituents is 1. The van der Waals surface area contributed by atoms with Crippen LogP contribution in [0.2, 0.25) is 0 Å². The predicted octanol–water partition coefficient (Wildman–Crippen LogP) is 2.17. The van der Waals surface area contributed by atoms with Crippen LogP contribution in [-0.4, -0.2) is 31.0 Å². The molecular weight excluding hydrogens is 350 g/mol. The van der Waals surface area contributed by atoms with E-state index < -0.39 is 29.0 Å². The molecule has 0 fully saturated rings. The van der Waals surface area contributed by atoms with Crippen molar-refractivity contribution in [3.8, 4) is 11.4 Å². The Bertz CT molecular complexity index is 991. The van der Waals surface area contributed by atoms with Crippen molar-refractivity contribution in [1.29, 1.82) is 0 Å². The van der Waals surface area contributed by atoms with Gasteiger partial charge in [-0.3, -0.25) is 14.9 Å². The Morgan fingerprint density at radius 1 is 1.23 bits per heavy atom. The van der Waals surface area contributed by atoms with Crippen LogP contribution in [0.1, 0.15) is 0 Å². The molecular formula is C15H10F2N6O3. The summed E-state index contributed by atoms with van der Waals surface area (Å²) < 4.78 is 26.9. The van der Waals surface area contributed by atoms with Crippen LogP contribution in [0, 0.1) is 21.7 Å². The van der Waals surface area contributed by atoms with Gasteiger partial charge in [-0.15, -0.1) is 10.2 Å². The normalized spacial score (nSPS) is 10.5. The van der Waals surface area contributed by atoms with Crippen molar-refractivity contribution in [2.75, 3.05) is 5.32 Å². The minimum atomic E-state index is -0.823. The van der Waals surface area contributed by atoms with Crippen molar-refractivity contribution >= 4 is 17.3 Å². The predicted molar refractivity (Wildman–Crippen MR) is 84.9 cm³/mol. The van der Waals surface area contributed by atoms with Crippen molar-refractivity contribution in [2.45, 2.75) is 6.54 Å². The average Bonchev–Trinajstić information content (AvgIpc) is 3.05. The summed E-state index contributed by atoms with van der Waals surface area (Å²) in [6.45, 7) is -0.412. The summed E-state index contributed by atoms with van der Waals surface area (Å²) in [6, 6.07) is 8.28. The number of nitro groups is 1. The molecule has 0 aliphatic heterocycles. The second-order valence-electron chi connectivity index (χ2n) is 5.12. The van der Waals surface area contributed by atoms with Gasteiger partial charge in [0.2, 0.25) is 11.7 Å². The lowest BCUT2D eigenvalue weighted by molar-refractivity contribution is -0.384. The van der Waals surface area contributed by atoms with Crippen LogP contribution < -0.4 is 5.32 Å². The van der Waals surface area contributed by atoms with Crippen LogP contribution in [0.4, 0.5) is 20.2 Å². The molecule has 1 N–H and O–H groups in total. The molecule has 0 unspecified atom stereocenters. The number of benzene rings is 2. The highest BCUT2D eigenvalue weighted by Crippen LogP contribution is 2.21. The highest BCUT2D eigenvalue weighted by Gasteiger charge is 2.15. The number of halogens is 2. The average molecular weight is 360 g/mol. The van der Waals surface area contributed by atoms with Gasteiger partial charge in [-0.25, -0.2) is 8.78 Å². The fourth-order valence-electron chi connectivity index (χ4n) is 2.09. The van der Waals surface area contributed by atoms with Crippen LogP contribution in [0.15, 0.2) is 42.5 Å². The number of nitrogens with zero attached hydrogens (tertiary/aromatic N) is 5. The summed E-state index contributed by atoms with van der Waals surface area (Å²) in [5, 5.41) is 24.2. The molecule has 1 aromatic heterocycles. The highest BCUT2D eigenvalue weighted by molar-refractivity contribution is 5.90. The number of anilines is 1. The molecule has 0 aliphatic carbocycles. The maximum atomic E-state index is 13.7. The van der Waals surface area contributed by atoms with E-state index in [0.29, 0.717) is 5.56 Å². The van der Waals surface area contributed by atoms with Crippen molar-refractivity contribution in [3.63, 3.8) is 0 Å². The number of amides is 1. The molecule has 132 valence electrons. The quantitative estimate of drug-likeness (QED) is 0.551. The number of non-ortho nitro benzene ring substituents is 1. The second kappa shape index (κ2) is 7.01. The summed E-state index contributed by atoms with van der Waals surface area (Å²) in [6.07, 6.45) is 0. The monoisotopic (exact) mass is 360 g/mol. The third-order valence-corrected chi connectivity index (χ3v) is 3.26. The van der Waals surface area contributed by atoms with Gasteiger partial charge in [-0.05, 0) is 23.4 Å². The molecule has 1 amide bonds. The molecule has 2 aromatic carbocycles. The van der Waals surface area contributed by atoms with Crippen LogP contribution in [0.5, 0.6) is 0 Å². The van der Waals surface area contributed by atoms with Crippen molar-refractivity contribution < 1.29 is 18.5 Å². The smallest absolute Gasteiger partial charge is 0.271 e. The minimum absolute atomic E-state index is 0.110. The molecule has 3 aromatic rings. The summed E-state index contributed by atoms with van der Waals surface area (Å²) in [7, 11) is 0. The number of hydrogen-bond donors (Lipinski definition) is 1. The molecule has 0 saturated heterocycles. The van der Waals surface area contributed by atoms with Gasteiger partial charge in [0.05, 0.1) is 10.6 Å². The Hall–Kier alpha value is -3.76. The first-order valence-electron chi connectivity index (χ1n) is 7.20. The molecule has 0 radical (unpaired) electrons. The first-order chi connectivity index (χ1) is 12.4. The van der Waals surface area contributed by atoms with Crippen molar-refractivity contribution in [2.24, 2.45) is 0 Å². The molecule has 0 saturated carbocycles. The number of carbonyl (C=O) groups is 1. The summed E-state index contributed by atoms with van der Waals surface area (Å²) in [5.41, 5.74) is -0.329. The summed E-state index contributed by atoms with van der Waals surface area (Å²) in [4.78, 5) is 22.9. The van der Waals surface area contributed by atoms with Crippen LogP contribution in [0.3, 0.4) is 0 Å². The summed E-state index contributed by atoms with van der Waals surface area (Å²) >= 11 is 0. The van der Waals surface area contributed by atoms with Gasteiger partial charge in [-0.1, -0.05) is 12.1 Å². The Morgan fingerprint density at radius 3 is 2.77 bits per heavy atom. The molecule has 26 heavy (non-hydrogen) atoms. The third kappa shape index (κ3) is 3.83. The first-order valence-corrected chi connectivity index (χ1v) is 7.20. The molecule has 0 atom stereocenters. The Labute approximate surface area is 144 Å². The largest absolute Gasteiger partial charge is 0.322 e. The first kappa shape index (κ1) is 17.1. The van der Waals surface area contributed by atoms with Gasteiger partial charge in [0.15, 0.2) is 0 Å². The van der Waals surface area contributed by atoms with E-state index in [4.69, 9.17) is 0 Å². The van der Waals surface area contributed by atoms with E-state index in [1.807, 2.05) is 0 Å². The molecule has 9 nitrogen and oxygen atoms in total.